The average Bonchev–Trinajstić information content (AvgIpc) is 2.64. The Hall–Kier alpha value is -0.620. The van der Waals surface area contributed by atoms with Gasteiger partial charge in [0.05, 0.1) is 11.8 Å². The Morgan fingerprint density at radius 1 is 1.55 bits per heavy atom. The summed E-state index contributed by atoms with van der Waals surface area (Å²) in [7, 11) is -3.23. The van der Waals surface area contributed by atoms with Crippen LogP contribution in [0.4, 0.5) is 0 Å². The van der Waals surface area contributed by atoms with Crippen LogP contribution >= 0.6 is 0 Å². The van der Waals surface area contributed by atoms with Crippen LogP contribution in [0.1, 0.15) is 12.8 Å². The van der Waals surface area contributed by atoms with E-state index in [1.807, 2.05) is 0 Å². The molecule has 1 amide bonds. The summed E-state index contributed by atoms with van der Waals surface area (Å²) in [6.45, 7) is -0.293. The summed E-state index contributed by atoms with van der Waals surface area (Å²) in [5.74, 6) is -0.658. The SMILES string of the molecule is NC(=O)CNS(=O)(=O)C1CC1. The van der Waals surface area contributed by atoms with E-state index >= 15 is 0 Å². The Morgan fingerprint density at radius 2 is 2.09 bits per heavy atom. The van der Waals surface area contributed by atoms with Crippen LogP contribution in [0.25, 0.3) is 0 Å². The summed E-state index contributed by atoms with van der Waals surface area (Å²) < 4.78 is 24.1. The molecule has 6 heteroatoms. The summed E-state index contributed by atoms with van der Waals surface area (Å²) in [6, 6.07) is 0. The first-order valence-corrected chi connectivity index (χ1v) is 4.84. The number of hydrogen-bond donors (Lipinski definition) is 2. The number of nitrogens with one attached hydrogen (secondary N) is 1. The summed E-state index contributed by atoms with van der Waals surface area (Å²) in [5.41, 5.74) is 4.75. The van der Waals surface area contributed by atoms with Gasteiger partial charge in [-0.1, -0.05) is 0 Å². The monoisotopic (exact) mass is 178 g/mol. The molecule has 0 bridgehead atoms. The summed E-state index contributed by atoms with van der Waals surface area (Å²) in [4.78, 5) is 10.2. The Labute approximate surface area is 65.0 Å². The molecule has 1 fully saturated rings. The lowest BCUT2D eigenvalue weighted by Gasteiger charge is -2.00. The van der Waals surface area contributed by atoms with Gasteiger partial charge >= 0.3 is 0 Å². The van der Waals surface area contributed by atoms with Crippen LogP contribution in [0.2, 0.25) is 0 Å². The number of primary amides is 1. The van der Waals surface area contributed by atoms with E-state index in [2.05, 4.69) is 4.72 Å². The van der Waals surface area contributed by atoms with Crippen molar-refractivity contribution in [3.05, 3.63) is 0 Å². The van der Waals surface area contributed by atoms with Gasteiger partial charge in [-0.25, -0.2) is 13.1 Å². The van der Waals surface area contributed by atoms with E-state index in [4.69, 9.17) is 5.73 Å². The highest BCUT2D eigenvalue weighted by atomic mass is 32.2. The number of nitrogens with two attached hydrogens (primary N) is 1. The number of amides is 1. The van der Waals surface area contributed by atoms with Crippen molar-refractivity contribution in [3.8, 4) is 0 Å². The van der Waals surface area contributed by atoms with Gasteiger partial charge in [0.1, 0.15) is 0 Å². The molecule has 0 heterocycles. The topological polar surface area (TPSA) is 89.3 Å². The standard InChI is InChI=1S/C5H10N2O3S/c6-5(8)3-7-11(9,10)4-1-2-4/h4,7H,1-3H2,(H2,6,8). The molecule has 0 spiro atoms. The molecule has 1 aliphatic carbocycles. The van der Waals surface area contributed by atoms with E-state index in [9.17, 15) is 13.2 Å². The molecule has 64 valence electrons. The molecule has 0 aromatic carbocycles. The maximum Gasteiger partial charge on any atom is 0.232 e. The van der Waals surface area contributed by atoms with Crippen LogP contribution < -0.4 is 10.5 Å². The average molecular weight is 178 g/mol. The minimum Gasteiger partial charge on any atom is -0.369 e. The lowest BCUT2D eigenvalue weighted by molar-refractivity contribution is -0.116. The molecule has 5 nitrogen and oxygen atoms in total. The fourth-order valence-electron chi connectivity index (χ4n) is 0.668. The molecule has 0 unspecified atom stereocenters. The zero-order valence-corrected chi connectivity index (χ0v) is 6.73. The zero-order valence-electron chi connectivity index (χ0n) is 5.91. The molecular weight excluding hydrogens is 168 g/mol. The van der Waals surface area contributed by atoms with Gasteiger partial charge in [-0.2, -0.15) is 0 Å². The fraction of sp³-hybridized carbons (Fsp3) is 0.800. The molecule has 0 radical (unpaired) electrons. The lowest BCUT2D eigenvalue weighted by Crippen LogP contribution is -2.35. The van der Waals surface area contributed by atoms with E-state index < -0.39 is 15.9 Å². The second kappa shape index (κ2) is 2.78. The second-order valence-corrected chi connectivity index (χ2v) is 4.58. The maximum absolute atomic E-state index is 11.0. The van der Waals surface area contributed by atoms with Gasteiger partial charge in [0.2, 0.25) is 15.9 Å². The van der Waals surface area contributed by atoms with Crippen molar-refractivity contribution in [1.82, 2.24) is 4.72 Å². The van der Waals surface area contributed by atoms with Crippen molar-refractivity contribution in [2.45, 2.75) is 18.1 Å². The second-order valence-electron chi connectivity index (χ2n) is 2.53. The summed E-state index contributed by atoms with van der Waals surface area (Å²) in [5, 5.41) is -0.290. The van der Waals surface area contributed by atoms with Gasteiger partial charge < -0.3 is 5.73 Å². The third kappa shape index (κ3) is 2.47. The molecule has 1 aliphatic rings. The Bertz CT molecular complexity index is 255. The highest BCUT2D eigenvalue weighted by Gasteiger charge is 2.35. The van der Waals surface area contributed by atoms with Crippen LogP contribution in [-0.4, -0.2) is 26.1 Å². The van der Waals surface area contributed by atoms with E-state index in [1.54, 1.807) is 0 Å². The summed E-state index contributed by atoms with van der Waals surface area (Å²) >= 11 is 0. The quantitative estimate of drug-likeness (QED) is 0.552. The van der Waals surface area contributed by atoms with E-state index in [0.717, 1.165) is 0 Å². The predicted molar refractivity (Wildman–Crippen MR) is 39.1 cm³/mol. The molecule has 0 aromatic heterocycles. The third-order valence-electron chi connectivity index (χ3n) is 1.41. The predicted octanol–water partition coefficient (Wildman–Crippen LogP) is -1.45. The third-order valence-corrected chi connectivity index (χ3v) is 3.31. The fourth-order valence-corrected chi connectivity index (χ4v) is 2.00. The molecule has 11 heavy (non-hydrogen) atoms. The number of carbonyl (C=O) groups excluding carboxylic acids is 1. The van der Waals surface area contributed by atoms with E-state index in [-0.39, 0.29) is 11.8 Å². The van der Waals surface area contributed by atoms with Crippen LogP contribution in [0.15, 0.2) is 0 Å². The molecular formula is C5H10N2O3S. The summed E-state index contributed by atoms with van der Waals surface area (Å²) in [6.07, 6.45) is 1.38. The van der Waals surface area contributed by atoms with Crippen molar-refractivity contribution in [1.29, 1.82) is 0 Å². The number of sulfonamides is 1. The largest absolute Gasteiger partial charge is 0.369 e. The minimum atomic E-state index is -3.23. The molecule has 0 aromatic rings. The molecule has 0 atom stereocenters. The Kier molecular flexibility index (Phi) is 2.15. The first-order valence-electron chi connectivity index (χ1n) is 3.29. The molecule has 1 saturated carbocycles. The van der Waals surface area contributed by atoms with Gasteiger partial charge in [0, 0.05) is 0 Å². The van der Waals surface area contributed by atoms with Crippen molar-refractivity contribution in [2.75, 3.05) is 6.54 Å². The molecule has 0 aliphatic heterocycles. The van der Waals surface area contributed by atoms with Crippen molar-refractivity contribution in [2.24, 2.45) is 5.73 Å². The lowest BCUT2D eigenvalue weighted by atomic mass is 10.7. The first-order chi connectivity index (χ1) is 5.02. The highest BCUT2D eigenvalue weighted by Crippen LogP contribution is 2.26. The normalized spacial score (nSPS) is 18.2. The highest BCUT2D eigenvalue weighted by molar-refractivity contribution is 7.90. The number of carbonyl (C=O) groups is 1. The van der Waals surface area contributed by atoms with Crippen LogP contribution in [0.5, 0.6) is 0 Å². The van der Waals surface area contributed by atoms with Crippen LogP contribution in [0, 0.1) is 0 Å². The van der Waals surface area contributed by atoms with Crippen molar-refractivity contribution in [3.63, 3.8) is 0 Å². The minimum absolute atomic E-state index is 0.290. The Morgan fingerprint density at radius 3 is 2.45 bits per heavy atom. The molecule has 3 N–H and O–H groups in total. The van der Waals surface area contributed by atoms with Crippen molar-refractivity contribution < 1.29 is 13.2 Å². The van der Waals surface area contributed by atoms with Gasteiger partial charge in [-0.05, 0) is 12.8 Å². The van der Waals surface area contributed by atoms with E-state index in [1.165, 1.54) is 0 Å². The molecule has 1 rings (SSSR count). The first kappa shape index (κ1) is 8.48. The van der Waals surface area contributed by atoms with Crippen LogP contribution in [0.3, 0.4) is 0 Å². The van der Waals surface area contributed by atoms with Crippen LogP contribution in [-0.2, 0) is 14.8 Å². The number of rotatable bonds is 4. The maximum atomic E-state index is 11.0. The smallest absolute Gasteiger partial charge is 0.232 e. The Balaban J connectivity index is 2.40. The number of hydrogen-bond acceptors (Lipinski definition) is 3. The van der Waals surface area contributed by atoms with Crippen molar-refractivity contribution >= 4 is 15.9 Å². The van der Waals surface area contributed by atoms with Gasteiger partial charge in [-0.15, -0.1) is 0 Å². The molecule has 0 saturated heterocycles. The van der Waals surface area contributed by atoms with E-state index in [0.29, 0.717) is 12.8 Å². The van der Waals surface area contributed by atoms with Gasteiger partial charge in [0.15, 0.2) is 0 Å². The van der Waals surface area contributed by atoms with Gasteiger partial charge in [0.25, 0.3) is 0 Å². The zero-order chi connectivity index (χ0) is 8.48. The van der Waals surface area contributed by atoms with Gasteiger partial charge in [-0.3, -0.25) is 4.79 Å².